The van der Waals surface area contributed by atoms with Crippen molar-refractivity contribution in [2.24, 2.45) is 0 Å². The minimum atomic E-state index is -0.290. The third kappa shape index (κ3) is 4.91. The first-order valence-electron chi connectivity index (χ1n) is 3.71. The molecule has 1 N–H and O–H groups in total. The molecule has 0 unspecified atom stereocenters. The summed E-state index contributed by atoms with van der Waals surface area (Å²) in [4.78, 5) is 32.4. The lowest BCUT2D eigenvalue weighted by molar-refractivity contribution is -0.133. The fraction of sp³-hybridized carbons (Fsp3) is 0.571. The van der Waals surface area contributed by atoms with Crippen molar-refractivity contribution in [3.63, 3.8) is 0 Å². The number of hydrazine groups is 1. The van der Waals surface area contributed by atoms with Crippen molar-refractivity contribution in [1.29, 1.82) is 0 Å². The summed E-state index contributed by atoms with van der Waals surface area (Å²) in [5.41, 5.74) is 2.63. The van der Waals surface area contributed by atoms with Crippen LogP contribution in [0.25, 0.3) is 0 Å². The van der Waals surface area contributed by atoms with Gasteiger partial charge in [-0.3, -0.25) is 14.6 Å². The second kappa shape index (κ2) is 6.13. The zero-order chi connectivity index (χ0) is 10.3. The fourth-order valence-electron chi connectivity index (χ4n) is 0.570. The number of rotatable bonds is 6. The molecule has 13 heavy (non-hydrogen) atoms. The molecule has 0 aliphatic carbocycles. The molecule has 0 bridgehead atoms. The summed E-state index contributed by atoms with van der Waals surface area (Å²) < 4.78 is 0. The highest BCUT2D eigenvalue weighted by Gasteiger charge is 2.06. The van der Waals surface area contributed by atoms with Crippen molar-refractivity contribution in [1.82, 2.24) is 15.3 Å². The third-order valence-electron chi connectivity index (χ3n) is 1.40. The van der Waals surface area contributed by atoms with Crippen LogP contribution in [0.1, 0.15) is 6.42 Å². The van der Waals surface area contributed by atoms with Gasteiger partial charge in [0.15, 0.2) is 0 Å². The molecule has 0 aliphatic rings. The molecule has 0 heterocycles. The summed E-state index contributed by atoms with van der Waals surface area (Å²) in [6.45, 7) is 0.196. The highest BCUT2D eigenvalue weighted by atomic mass is 16.2. The van der Waals surface area contributed by atoms with Crippen LogP contribution < -0.4 is 5.43 Å². The first kappa shape index (κ1) is 11.6. The van der Waals surface area contributed by atoms with Crippen LogP contribution in [0.2, 0.25) is 0 Å². The van der Waals surface area contributed by atoms with Crippen LogP contribution in [0.15, 0.2) is 0 Å². The van der Waals surface area contributed by atoms with Gasteiger partial charge in [-0.2, -0.15) is 0 Å². The first-order valence-corrected chi connectivity index (χ1v) is 3.71. The number of carbonyl (C=O) groups is 3. The molecule has 0 spiro atoms. The third-order valence-corrected chi connectivity index (χ3v) is 1.40. The van der Waals surface area contributed by atoms with Gasteiger partial charge in [-0.15, -0.1) is 0 Å². The van der Waals surface area contributed by atoms with E-state index in [4.69, 9.17) is 0 Å². The van der Waals surface area contributed by atoms with Crippen molar-refractivity contribution >= 4 is 18.6 Å². The van der Waals surface area contributed by atoms with E-state index in [1.165, 1.54) is 24.0 Å². The van der Waals surface area contributed by atoms with E-state index in [2.05, 4.69) is 5.43 Å². The summed E-state index contributed by atoms with van der Waals surface area (Å²) in [5.74, 6) is -0.290. The number of nitrogens with one attached hydrogen (secondary N) is 1. The average molecular weight is 187 g/mol. The lowest BCUT2D eigenvalue weighted by Gasteiger charge is -2.19. The molecule has 6 nitrogen and oxygen atoms in total. The number of aldehydes is 1. The minimum absolute atomic E-state index is 0.136. The van der Waals surface area contributed by atoms with Gasteiger partial charge in [0, 0.05) is 14.1 Å². The van der Waals surface area contributed by atoms with Gasteiger partial charge in [-0.05, 0) is 0 Å². The largest absolute Gasteiger partial charge is 0.331 e. The Bertz CT molecular complexity index is 195. The second-order valence-electron chi connectivity index (χ2n) is 2.50. The molecule has 74 valence electrons. The smallest absolute Gasteiger partial charge is 0.230 e. The molecule has 0 saturated heterocycles. The summed E-state index contributed by atoms with van der Waals surface area (Å²) in [6.07, 6.45) is 0.989. The van der Waals surface area contributed by atoms with Crippen molar-refractivity contribution in [2.45, 2.75) is 6.42 Å². The van der Waals surface area contributed by atoms with Crippen LogP contribution in [-0.4, -0.2) is 49.3 Å². The van der Waals surface area contributed by atoms with Gasteiger partial charge < -0.3 is 9.69 Å². The van der Waals surface area contributed by atoms with Gasteiger partial charge in [-0.25, -0.2) is 5.43 Å². The Morgan fingerprint density at radius 3 is 2.46 bits per heavy atom. The Balaban J connectivity index is 3.72. The van der Waals surface area contributed by atoms with Crippen LogP contribution in [0, 0.1) is 0 Å². The molecule has 0 aromatic carbocycles. The van der Waals surface area contributed by atoms with Gasteiger partial charge in [0.05, 0.1) is 13.1 Å². The number of amides is 2. The monoisotopic (exact) mass is 187 g/mol. The van der Waals surface area contributed by atoms with Crippen LogP contribution in [0.5, 0.6) is 0 Å². The molecule has 0 aliphatic heterocycles. The van der Waals surface area contributed by atoms with Gasteiger partial charge in [0.25, 0.3) is 0 Å². The Morgan fingerprint density at radius 1 is 1.38 bits per heavy atom. The number of hydrogen-bond acceptors (Lipinski definition) is 4. The van der Waals surface area contributed by atoms with Crippen LogP contribution in [0.3, 0.4) is 0 Å². The Hall–Kier alpha value is -1.43. The SMILES string of the molecule is CN(C=O)NCN(C)C(=O)CC=O. The topological polar surface area (TPSA) is 69.7 Å². The van der Waals surface area contributed by atoms with Crippen molar-refractivity contribution in [3.05, 3.63) is 0 Å². The molecule has 0 aromatic rings. The van der Waals surface area contributed by atoms with Crippen molar-refractivity contribution in [3.8, 4) is 0 Å². The standard InChI is InChI=1S/C7H13N3O3/c1-9(7(13)3-4-11)5-8-10(2)6-12/h4,6,8H,3,5H2,1-2H3. The van der Waals surface area contributed by atoms with E-state index >= 15 is 0 Å². The summed E-state index contributed by atoms with van der Waals surface area (Å²) in [7, 11) is 3.06. The highest BCUT2D eigenvalue weighted by Crippen LogP contribution is 1.85. The van der Waals surface area contributed by atoms with E-state index in [0.29, 0.717) is 12.7 Å². The van der Waals surface area contributed by atoms with E-state index in [0.717, 1.165) is 0 Å². The summed E-state index contributed by atoms with van der Waals surface area (Å²) in [5, 5.41) is 1.19. The minimum Gasteiger partial charge on any atom is -0.331 e. The Kier molecular flexibility index (Phi) is 5.45. The van der Waals surface area contributed by atoms with Gasteiger partial charge in [0.2, 0.25) is 12.3 Å². The molecule has 0 rings (SSSR count). The molecule has 2 amide bonds. The number of nitrogens with zero attached hydrogens (tertiary/aromatic N) is 2. The van der Waals surface area contributed by atoms with E-state index in [-0.39, 0.29) is 19.0 Å². The van der Waals surface area contributed by atoms with Crippen molar-refractivity contribution in [2.75, 3.05) is 20.8 Å². The molecule has 0 radical (unpaired) electrons. The van der Waals surface area contributed by atoms with Gasteiger partial charge in [-0.1, -0.05) is 0 Å². The maximum absolute atomic E-state index is 11.0. The van der Waals surface area contributed by atoms with Crippen LogP contribution in [-0.2, 0) is 14.4 Å². The maximum atomic E-state index is 11.0. The first-order chi connectivity index (χ1) is 6.11. The van der Waals surface area contributed by atoms with E-state index in [9.17, 15) is 14.4 Å². The molecule has 0 fully saturated rings. The second-order valence-corrected chi connectivity index (χ2v) is 2.50. The quantitative estimate of drug-likeness (QED) is 0.240. The number of hydrogen-bond donors (Lipinski definition) is 1. The Labute approximate surface area is 76.5 Å². The molecule has 0 aromatic heterocycles. The Morgan fingerprint density at radius 2 is 2.00 bits per heavy atom. The van der Waals surface area contributed by atoms with Crippen LogP contribution in [0.4, 0.5) is 0 Å². The zero-order valence-electron chi connectivity index (χ0n) is 7.69. The maximum Gasteiger partial charge on any atom is 0.230 e. The predicted molar refractivity (Wildman–Crippen MR) is 45.3 cm³/mol. The van der Waals surface area contributed by atoms with E-state index < -0.39 is 0 Å². The lowest BCUT2D eigenvalue weighted by atomic mass is 10.4. The molecular weight excluding hydrogens is 174 g/mol. The molecule has 0 saturated carbocycles. The molecule has 6 heteroatoms. The van der Waals surface area contributed by atoms with Crippen LogP contribution >= 0.6 is 0 Å². The lowest BCUT2D eigenvalue weighted by Crippen LogP contribution is -2.43. The summed E-state index contributed by atoms with van der Waals surface area (Å²) >= 11 is 0. The average Bonchev–Trinajstić information content (AvgIpc) is 2.13. The zero-order valence-corrected chi connectivity index (χ0v) is 7.69. The van der Waals surface area contributed by atoms with Gasteiger partial charge in [0.1, 0.15) is 6.29 Å². The highest BCUT2D eigenvalue weighted by molar-refractivity contribution is 5.87. The van der Waals surface area contributed by atoms with Crippen molar-refractivity contribution < 1.29 is 14.4 Å². The fourth-order valence-corrected chi connectivity index (χ4v) is 0.570. The van der Waals surface area contributed by atoms with E-state index in [1.54, 1.807) is 0 Å². The van der Waals surface area contributed by atoms with E-state index in [1.807, 2.05) is 0 Å². The predicted octanol–water partition coefficient (Wildman–Crippen LogP) is -1.42. The normalized spacial score (nSPS) is 9.08. The molecular formula is C7H13N3O3. The van der Waals surface area contributed by atoms with Gasteiger partial charge >= 0.3 is 0 Å². The summed E-state index contributed by atoms with van der Waals surface area (Å²) in [6, 6.07) is 0. The molecule has 0 atom stereocenters. The number of carbonyl (C=O) groups excluding carboxylic acids is 3.